The number of carbonyl (C=O) groups excluding carboxylic acids is 1. The van der Waals surface area contributed by atoms with E-state index in [0.29, 0.717) is 11.5 Å². The molecule has 2 nitrogen and oxygen atoms in total. The Hall–Kier alpha value is -1.38. The fraction of sp³-hybridized carbons (Fsp3) is 0.364. The van der Waals surface area contributed by atoms with Gasteiger partial charge in [-0.25, -0.2) is 4.39 Å². The first-order valence-corrected chi connectivity index (χ1v) is 4.73. The van der Waals surface area contributed by atoms with Crippen molar-refractivity contribution in [1.82, 2.24) is 0 Å². The molecule has 74 valence electrons. The zero-order chi connectivity index (χ0) is 10.1. The molecule has 1 amide bonds. The van der Waals surface area contributed by atoms with Gasteiger partial charge in [0, 0.05) is 0 Å². The Morgan fingerprint density at radius 3 is 2.71 bits per heavy atom. The van der Waals surface area contributed by atoms with Crippen LogP contribution in [0.4, 0.5) is 4.39 Å². The summed E-state index contributed by atoms with van der Waals surface area (Å²) in [5, 5.41) is 0. The summed E-state index contributed by atoms with van der Waals surface area (Å²) in [6.07, 6.45) is 2.28. The van der Waals surface area contributed by atoms with Crippen LogP contribution in [0.1, 0.15) is 29.9 Å². The van der Waals surface area contributed by atoms with E-state index in [1.807, 2.05) is 6.07 Å². The molecule has 1 saturated carbocycles. The van der Waals surface area contributed by atoms with Crippen molar-refractivity contribution in [2.24, 2.45) is 5.73 Å². The summed E-state index contributed by atoms with van der Waals surface area (Å²) in [6, 6.07) is 5.07. The summed E-state index contributed by atoms with van der Waals surface area (Å²) in [5.74, 6) is -0.275. The van der Waals surface area contributed by atoms with E-state index in [0.717, 1.165) is 18.4 Å². The average molecular weight is 193 g/mol. The van der Waals surface area contributed by atoms with E-state index in [4.69, 9.17) is 5.73 Å². The van der Waals surface area contributed by atoms with Crippen LogP contribution in [0.3, 0.4) is 0 Å². The van der Waals surface area contributed by atoms with Crippen molar-refractivity contribution in [2.45, 2.75) is 25.2 Å². The molecule has 1 aliphatic carbocycles. The second-order valence-electron chi connectivity index (χ2n) is 3.77. The van der Waals surface area contributed by atoms with Crippen molar-refractivity contribution in [3.63, 3.8) is 0 Å². The summed E-state index contributed by atoms with van der Waals surface area (Å²) in [4.78, 5) is 10.6. The van der Waals surface area contributed by atoms with Crippen LogP contribution >= 0.6 is 0 Å². The number of nitrogens with two attached hydrogens (primary N) is 1. The van der Waals surface area contributed by atoms with Crippen LogP contribution in [-0.4, -0.2) is 5.91 Å². The highest BCUT2D eigenvalue weighted by molar-refractivity contribution is 5.76. The average Bonchev–Trinajstić information content (AvgIpc) is 2.90. The Labute approximate surface area is 81.9 Å². The fourth-order valence-corrected chi connectivity index (χ4v) is 1.57. The molecular formula is C11H12FNO. The first kappa shape index (κ1) is 9.19. The number of benzene rings is 1. The van der Waals surface area contributed by atoms with Crippen molar-refractivity contribution in [3.05, 3.63) is 35.1 Å². The van der Waals surface area contributed by atoms with Gasteiger partial charge in [0.05, 0.1) is 6.42 Å². The van der Waals surface area contributed by atoms with Crippen LogP contribution < -0.4 is 5.73 Å². The first-order chi connectivity index (χ1) is 6.66. The zero-order valence-corrected chi connectivity index (χ0v) is 7.79. The van der Waals surface area contributed by atoms with Crippen LogP contribution in [-0.2, 0) is 11.2 Å². The first-order valence-electron chi connectivity index (χ1n) is 4.73. The van der Waals surface area contributed by atoms with E-state index in [1.165, 1.54) is 6.07 Å². The second kappa shape index (κ2) is 3.40. The highest BCUT2D eigenvalue weighted by Gasteiger charge is 2.24. The van der Waals surface area contributed by atoms with Crippen LogP contribution in [0, 0.1) is 5.82 Å². The molecule has 0 unspecified atom stereocenters. The minimum Gasteiger partial charge on any atom is -0.369 e. The lowest BCUT2D eigenvalue weighted by molar-refractivity contribution is -0.117. The molecule has 0 aliphatic heterocycles. The molecule has 1 aromatic rings. The molecular weight excluding hydrogens is 181 g/mol. The van der Waals surface area contributed by atoms with Crippen molar-refractivity contribution in [3.8, 4) is 0 Å². The molecule has 0 saturated heterocycles. The van der Waals surface area contributed by atoms with Gasteiger partial charge >= 0.3 is 0 Å². The lowest BCUT2D eigenvalue weighted by Gasteiger charge is -2.03. The molecule has 0 aromatic heterocycles. The fourth-order valence-electron chi connectivity index (χ4n) is 1.57. The number of hydrogen-bond acceptors (Lipinski definition) is 1. The molecule has 0 spiro atoms. The molecule has 14 heavy (non-hydrogen) atoms. The van der Waals surface area contributed by atoms with Crippen molar-refractivity contribution in [2.75, 3.05) is 0 Å². The van der Waals surface area contributed by atoms with E-state index >= 15 is 0 Å². The second-order valence-corrected chi connectivity index (χ2v) is 3.77. The minimum atomic E-state index is -0.497. The van der Waals surface area contributed by atoms with E-state index < -0.39 is 5.91 Å². The van der Waals surface area contributed by atoms with Gasteiger partial charge in [-0.2, -0.15) is 0 Å². The number of carbonyl (C=O) groups is 1. The number of rotatable bonds is 3. The lowest BCUT2D eigenvalue weighted by atomic mass is 10.1. The van der Waals surface area contributed by atoms with E-state index in [9.17, 15) is 9.18 Å². The monoisotopic (exact) mass is 193 g/mol. The molecule has 1 aromatic carbocycles. The Morgan fingerprint density at radius 2 is 2.21 bits per heavy atom. The third kappa shape index (κ3) is 1.92. The quantitative estimate of drug-likeness (QED) is 0.780. The third-order valence-electron chi connectivity index (χ3n) is 2.49. The lowest BCUT2D eigenvalue weighted by Crippen LogP contribution is -2.14. The molecule has 0 atom stereocenters. The standard InChI is InChI=1S/C11H12FNO/c12-10-5-8(7-1-2-7)3-4-9(10)6-11(13)14/h3-5,7H,1-2,6H2,(H2,13,14). The maximum Gasteiger partial charge on any atom is 0.221 e. The number of amides is 1. The van der Waals surface area contributed by atoms with Crippen molar-refractivity contribution in [1.29, 1.82) is 0 Å². The summed E-state index contributed by atoms with van der Waals surface area (Å²) in [7, 11) is 0. The largest absolute Gasteiger partial charge is 0.369 e. The van der Waals surface area contributed by atoms with Gasteiger partial charge in [-0.3, -0.25) is 4.79 Å². The van der Waals surface area contributed by atoms with Crippen LogP contribution in [0.2, 0.25) is 0 Å². The Balaban J connectivity index is 2.21. The predicted molar refractivity (Wildman–Crippen MR) is 51.3 cm³/mol. The Kier molecular flexibility index (Phi) is 2.23. The van der Waals surface area contributed by atoms with E-state index in [-0.39, 0.29) is 12.2 Å². The van der Waals surface area contributed by atoms with Gasteiger partial charge in [0.1, 0.15) is 5.82 Å². The number of hydrogen-bond donors (Lipinski definition) is 1. The maximum absolute atomic E-state index is 13.4. The molecule has 2 rings (SSSR count). The molecule has 1 fully saturated rings. The number of primary amides is 1. The van der Waals surface area contributed by atoms with Crippen LogP contribution in [0.5, 0.6) is 0 Å². The van der Waals surface area contributed by atoms with Gasteiger partial charge < -0.3 is 5.73 Å². The van der Waals surface area contributed by atoms with Gasteiger partial charge in [-0.1, -0.05) is 12.1 Å². The SMILES string of the molecule is NC(=O)Cc1ccc(C2CC2)cc1F. The van der Waals surface area contributed by atoms with Crippen molar-refractivity contribution >= 4 is 5.91 Å². The van der Waals surface area contributed by atoms with E-state index in [2.05, 4.69) is 0 Å². The summed E-state index contributed by atoms with van der Waals surface area (Å²) in [6.45, 7) is 0. The van der Waals surface area contributed by atoms with Gasteiger partial charge in [0.25, 0.3) is 0 Å². The van der Waals surface area contributed by atoms with Crippen molar-refractivity contribution < 1.29 is 9.18 Å². The Bertz CT molecular complexity index is 372. The maximum atomic E-state index is 13.4. The van der Waals surface area contributed by atoms with Gasteiger partial charge in [0.15, 0.2) is 0 Å². The molecule has 3 heteroatoms. The van der Waals surface area contributed by atoms with Gasteiger partial charge in [0.2, 0.25) is 5.91 Å². The predicted octanol–water partition coefficient (Wildman–Crippen LogP) is 1.73. The van der Waals surface area contributed by atoms with Crippen LogP contribution in [0.25, 0.3) is 0 Å². The normalized spacial score (nSPS) is 15.5. The topological polar surface area (TPSA) is 43.1 Å². The number of halogens is 1. The smallest absolute Gasteiger partial charge is 0.221 e. The molecule has 0 radical (unpaired) electrons. The zero-order valence-electron chi connectivity index (χ0n) is 7.79. The molecule has 0 heterocycles. The highest BCUT2D eigenvalue weighted by atomic mass is 19.1. The van der Waals surface area contributed by atoms with Gasteiger partial charge in [-0.05, 0) is 36.0 Å². The molecule has 0 bridgehead atoms. The summed E-state index contributed by atoms with van der Waals surface area (Å²) < 4.78 is 13.4. The molecule has 2 N–H and O–H groups in total. The van der Waals surface area contributed by atoms with Gasteiger partial charge in [-0.15, -0.1) is 0 Å². The van der Waals surface area contributed by atoms with E-state index in [1.54, 1.807) is 6.07 Å². The Morgan fingerprint density at radius 1 is 1.50 bits per heavy atom. The molecule has 1 aliphatic rings. The summed E-state index contributed by atoms with van der Waals surface area (Å²) >= 11 is 0. The highest BCUT2D eigenvalue weighted by Crippen LogP contribution is 2.40. The summed E-state index contributed by atoms with van der Waals surface area (Å²) in [5.41, 5.74) is 6.43. The third-order valence-corrected chi connectivity index (χ3v) is 2.49. The minimum absolute atomic E-state index is 0.0171. The van der Waals surface area contributed by atoms with Crippen LogP contribution in [0.15, 0.2) is 18.2 Å².